The molecule has 0 unspecified atom stereocenters. The molecule has 4 aromatic rings. The van der Waals surface area contributed by atoms with Gasteiger partial charge >= 0.3 is 5.97 Å². The maximum atomic E-state index is 13.1. The van der Waals surface area contributed by atoms with Crippen molar-refractivity contribution in [1.29, 1.82) is 0 Å². The number of carbonyl (C=O) groups excluding carboxylic acids is 1. The highest BCUT2D eigenvalue weighted by Gasteiger charge is 2.40. The van der Waals surface area contributed by atoms with Gasteiger partial charge in [0.25, 0.3) is 0 Å². The molecule has 1 aliphatic rings. The highest BCUT2D eigenvalue weighted by Crippen LogP contribution is 2.50. The summed E-state index contributed by atoms with van der Waals surface area (Å²) in [6.45, 7) is 4.70. The number of ether oxygens (including phenoxy) is 1. The SMILES string of the molecule is C[C@H]1CCCC[C@]1(C)c1c(-c2ccc(Oc3cc(Cl)ncn3)cc2)n(CC(=O)N(C)C)c2cc(C(=O)O)ccc12. The van der Waals surface area contributed by atoms with Crippen LogP contribution < -0.4 is 4.74 Å². The Kier molecular flexibility index (Phi) is 7.55. The highest BCUT2D eigenvalue weighted by atomic mass is 35.5. The van der Waals surface area contributed by atoms with E-state index in [1.165, 1.54) is 12.7 Å². The molecular weight excluding hydrogens is 528 g/mol. The van der Waals surface area contributed by atoms with Gasteiger partial charge in [-0.05, 0) is 71.7 Å². The lowest BCUT2D eigenvalue weighted by atomic mass is 9.63. The minimum Gasteiger partial charge on any atom is -0.478 e. The molecule has 2 aromatic heterocycles. The van der Waals surface area contributed by atoms with Crippen molar-refractivity contribution in [2.24, 2.45) is 5.92 Å². The molecule has 2 atom stereocenters. The average molecular weight is 561 g/mol. The smallest absolute Gasteiger partial charge is 0.335 e. The fraction of sp³-hybridized carbons (Fsp3) is 0.355. The van der Waals surface area contributed by atoms with Crippen molar-refractivity contribution in [1.82, 2.24) is 19.4 Å². The first-order valence-electron chi connectivity index (χ1n) is 13.4. The number of aromatic carboxylic acids is 1. The number of nitrogens with zero attached hydrogens (tertiary/aromatic N) is 4. The van der Waals surface area contributed by atoms with Crippen LogP contribution in [-0.2, 0) is 16.8 Å². The van der Waals surface area contributed by atoms with E-state index < -0.39 is 5.97 Å². The lowest BCUT2D eigenvalue weighted by Gasteiger charge is -2.41. The quantitative estimate of drug-likeness (QED) is 0.250. The Morgan fingerprint density at radius 1 is 1.12 bits per heavy atom. The van der Waals surface area contributed by atoms with Crippen molar-refractivity contribution in [2.75, 3.05) is 14.1 Å². The summed E-state index contributed by atoms with van der Waals surface area (Å²) in [7, 11) is 3.46. The normalized spacial score (nSPS) is 19.0. The predicted molar refractivity (Wildman–Crippen MR) is 155 cm³/mol. The van der Waals surface area contributed by atoms with Gasteiger partial charge in [-0.2, -0.15) is 0 Å². The monoisotopic (exact) mass is 560 g/mol. The van der Waals surface area contributed by atoms with Crippen molar-refractivity contribution in [2.45, 2.75) is 51.5 Å². The Balaban J connectivity index is 1.73. The lowest BCUT2D eigenvalue weighted by Crippen LogP contribution is -2.34. The third-order valence-electron chi connectivity index (χ3n) is 8.30. The second kappa shape index (κ2) is 10.9. The molecular formula is C31H33ClN4O4. The van der Waals surface area contributed by atoms with Crippen LogP contribution in [0.5, 0.6) is 11.6 Å². The van der Waals surface area contributed by atoms with Gasteiger partial charge in [0.1, 0.15) is 23.8 Å². The standard InChI is InChI=1S/C31H33ClN4O4/c1-19-7-5-6-14-31(19,2)28-23-13-10-21(30(38)39)15-24(23)36(17-27(37)35(3)4)29(28)20-8-11-22(12-9-20)40-26-16-25(32)33-18-34-26/h8-13,15-16,18-19H,5-7,14,17H2,1-4H3,(H,38,39)/t19-,31-/m0/s1. The molecule has 0 spiro atoms. The van der Waals surface area contributed by atoms with Crippen molar-refractivity contribution >= 4 is 34.4 Å². The molecule has 40 heavy (non-hydrogen) atoms. The van der Waals surface area contributed by atoms with Crippen LogP contribution >= 0.6 is 11.6 Å². The third kappa shape index (κ3) is 5.16. The van der Waals surface area contributed by atoms with Crippen molar-refractivity contribution < 1.29 is 19.4 Å². The van der Waals surface area contributed by atoms with E-state index >= 15 is 0 Å². The van der Waals surface area contributed by atoms with E-state index in [1.807, 2.05) is 34.9 Å². The first kappa shape index (κ1) is 27.6. The number of fused-ring (bicyclic) bond motifs is 1. The van der Waals surface area contributed by atoms with Gasteiger partial charge in [-0.15, -0.1) is 0 Å². The van der Waals surface area contributed by atoms with E-state index in [2.05, 4.69) is 23.8 Å². The Hall–Kier alpha value is -3.91. The Morgan fingerprint density at radius 2 is 1.88 bits per heavy atom. The molecule has 9 heteroatoms. The van der Waals surface area contributed by atoms with Gasteiger partial charge in [-0.3, -0.25) is 4.79 Å². The summed E-state index contributed by atoms with van der Waals surface area (Å²) in [6.07, 6.45) is 5.77. The summed E-state index contributed by atoms with van der Waals surface area (Å²) in [4.78, 5) is 34.6. The van der Waals surface area contributed by atoms with Crippen LogP contribution in [0.3, 0.4) is 0 Å². The fourth-order valence-electron chi connectivity index (χ4n) is 5.86. The minimum atomic E-state index is -1.000. The highest BCUT2D eigenvalue weighted by molar-refractivity contribution is 6.29. The molecule has 0 saturated heterocycles. The molecule has 1 amide bonds. The summed E-state index contributed by atoms with van der Waals surface area (Å²) in [5, 5.41) is 11.1. The third-order valence-corrected chi connectivity index (χ3v) is 8.51. The fourth-order valence-corrected chi connectivity index (χ4v) is 5.99. The van der Waals surface area contributed by atoms with Crippen molar-refractivity contribution in [3.8, 4) is 22.9 Å². The topological polar surface area (TPSA) is 97.6 Å². The molecule has 0 bridgehead atoms. The molecule has 208 valence electrons. The number of aromatic nitrogens is 3. The average Bonchev–Trinajstić information content (AvgIpc) is 3.24. The summed E-state index contributed by atoms with van der Waals surface area (Å²) >= 11 is 5.98. The van der Waals surface area contributed by atoms with Gasteiger partial charge in [-0.25, -0.2) is 14.8 Å². The summed E-state index contributed by atoms with van der Waals surface area (Å²) in [5.74, 6) is 0.252. The molecule has 8 nitrogen and oxygen atoms in total. The summed E-state index contributed by atoms with van der Waals surface area (Å²) in [6, 6.07) is 14.5. The first-order valence-corrected chi connectivity index (χ1v) is 13.8. The van der Waals surface area contributed by atoms with Crippen LogP contribution in [0.25, 0.3) is 22.2 Å². The van der Waals surface area contributed by atoms with Crippen LogP contribution in [0.2, 0.25) is 5.15 Å². The van der Waals surface area contributed by atoms with E-state index in [4.69, 9.17) is 16.3 Å². The molecule has 2 heterocycles. The molecule has 0 aliphatic heterocycles. The number of likely N-dealkylation sites (N-methyl/N-ethyl adjacent to an activating group) is 1. The lowest BCUT2D eigenvalue weighted by molar-refractivity contribution is -0.129. The maximum absolute atomic E-state index is 13.1. The van der Waals surface area contributed by atoms with Gasteiger partial charge in [0, 0.05) is 25.5 Å². The van der Waals surface area contributed by atoms with Crippen molar-refractivity contribution in [3.05, 3.63) is 71.1 Å². The minimum absolute atomic E-state index is 0.0760. The first-order chi connectivity index (χ1) is 19.1. The molecule has 5 rings (SSSR count). The molecule has 1 saturated carbocycles. The van der Waals surface area contributed by atoms with E-state index in [-0.39, 0.29) is 28.6 Å². The van der Waals surface area contributed by atoms with Gasteiger partial charge in [-0.1, -0.05) is 44.4 Å². The number of carbonyl (C=O) groups is 2. The molecule has 2 aromatic carbocycles. The zero-order chi connectivity index (χ0) is 28.6. The number of carboxylic acid groups (broad SMARTS) is 1. The Bertz CT molecular complexity index is 1580. The van der Waals surface area contributed by atoms with Gasteiger partial charge in [0.15, 0.2) is 0 Å². The van der Waals surface area contributed by atoms with E-state index in [1.54, 1.807) is 37.2 Å². The van der Waals surface area contributed by atoms with Crippen LogP contribution in [0.1, 0.15) is 55.5 Å². The predicted octanol–water partition coefficient (Wildman–Crippen LogP) is 6.80. The van der Waals surface area contributed by atoms with Gasteiger partial charge in [0.05, 0.1) is 16.8 Å². The number of hydrogen-bond acceptors (Lipinski definition) is 5. The number of amides is 1. The Morgan fingerprint density at radius 3 is 2.52 bits per heavy atom. The van der Waals surface area contributed by atoms with E-state index in [0.29, 0.717) is 17.5 Å². The number of hydrogen-bond donors (Lipinski definition) is 1. The molecule has 0 radical (unpaired) electrons. The number of carboxylic acids is 1. The van der Waals surface area contributed by atoms with Crippen LogP contribution in [0.15, 0.2) is 54.9 Å². The summed E-state index contributed by atoms with van der Waals surface area (Å²) < 4.78 is 7.88. The molecule has 1 N–H and O–H groups in total. The maximum Gasteiger partial charge on any atom is 0.335 e. The Labute approximate surface area is 238 Å². The molecule has 1 fully saturated rings. The second-order valence-corrected chi connectivity index (χ2v) is 11.4. The zero-order valence-electron chi connectivity index (χ0n) is 23.1. The number of benzene rings is 2. The largest absolute Gasteiger partial charge is 0.478 e. The van der Waals surface area contributed by atoms with Crippen LogP contribution in [0.4, 0.5) is 0 Å². The van der Waals surface area contributed by atoms with Gasteiger partial charge in [0.2, 0.25) is 11.8 Å². The van der Waals surface area contributed by atoms with Gasteiger partial charge < -0.3 is 19.3 Å². The zero-order valence-corrected chi connectivity index (χ0v) is 23.9. The second-order valence-electron chi connectivity index (χ2n) is 11.0. The molecule has 1 aliphatic carbocycles. The number of rotatable bonds is 7. The van der Waals surface area contributed by atoms with E-state index in [0.717, 1.165) is 47.0 Å². The van der Waals surface area contributed by atoms with Crippen LogP contribution in [0, 0.1) is 5.92 Å². The van der Waals surface area contributed by atoms with Crippen LogP contribution in [-0.4, -0.2) is 50.5 Å². The van der Waals surface area contributed by atoms with E-state index in [9.17, 15) is 14.7 Å². The number of halogens is 1. The van der Waals surface area contributed by atoms with Crippen molar-refractivity contribution in [3.63, 3.8) is 0 Å². The summed E-state index contributed by atoms with van der Waals surface area (Å²) in [5.41, 5.74) is 3.79.